The first-order chi connectivity index (χ1) is 10.7. The van der Waals surface area contributed by atoms with Gasteiger partial charge in [0.2, 0.25) is 0 Å². The van der Waals surface area contributed by atoms with Crippen LogP contribution in [0.3, 0.4) is 0 Å². The SMILES string of the molecule is COc1cccc(-c2ccc(CN)cc2)c1OC(=O)C1CO1. The molecule has 0 aromatic heterocycles. The minimum absolute atomic E-state index is 0.399. The van der Waals surface area contributed by atoms with E-state index in [1.165, 1.54) is 0 Å². The molecule has 0 aliphatic carbocycles. The van der Waals surface area contributed by atoms with Gasteiger partial charge in [-0.25, -0.2) is 4.79 Å². The molecule has 0 amide bonds. The van der Waals surface area contributed by atoms with Crippen LogP contribution in [0.1, 0.15) is 5.56 Å². The van der Waals surface area contributed by atoms with Crippen LogP contribution in [0.15, 0.2) is 42.5 Å². The summed E-state index contributed by atoms with van der Waals surface area (Å²) >= 11 is 0. The molecule has 3 rings (SSSR count). The summed E-state index contributed by atoms with van der Waals surface area (Å²) in [6.45, 7) is 0.897. The third-order valence-corrected chi connectivity index (χ3v) is 3.50. The Balaban J connectivity index is 1.99. The van der Waals surface area contributed by atoms with E-state index in [0.29, 0.717) is 24.7 Å². The van der Waals surface area contributed by atoms with Crippen LogP contribution in [0, 0.1) is 0 Å². The van der Waals surface area contributed by atoms with Crippen molar-refractivity contribution in [2.75, 3.05) is 13.7 Å². The van der Waals surface area contributed by atoms with Crippen LogP contribution >= 0.6 is 0 Å². The van der Waals surface area contributed by atoms with Gasteiger partial charge in [-0.15, -0.1) is 0 Å². The van der Waals surface area contributed by atoms with Gasteiger partial charge in [0, 0.05) is 12.1 Å². The van der Waals surface area contributed by atoms with Crippen molar-refractivity contribution in [3.63, 3.8) is 0 Å². The molecule has 1 unspecified atom stereocenters. The van der Waals surface area contributed by atoms with Crippen LogP contribution in [-0.4, -0.2) is 25.8 Å². The molecule has 1 atom stereocenters. The Morgan fingerprint density at radius 2 is 2.00 bits per heavy atom. The van der Waals surface area contributed by atoms with E-state index >= 15 is 0 Å². The number of carbonyl (C=O) groups is 1. The van der Waals surface area contributed by atoms with Crippen molar-refractivity contribution >= 4 is 5.97 Å². The molecule has 22 heavy (non-hydrogen) atoms. The van der Waals surface area contributed by atoms with Gasteiger partial charge in [0.05, 0.1) is 13.7 Å². The predicted octanol–water partition coefficient (Wildman–Crippen LogP) is 2.13. The minimum atomic E-state index is -0.461. The van der Waals surface area contributed by atoms with Crippen LogP contribution in [0.5, 0.6) is 11.5 Å². The number of rotatable bonds is 5. The molecule has 0 spiro atoms. The third kappa shape index (κ3) is 2.95. The lowest BCUT2D eigenvalue weighted by Crippen LogP contribution is -2.15. The van der Waals surface area contributed by atoms with Gasteiger partial charge in [0.1, 0.15) is 0 Å². The molecule has 2 aromatic carbocycles. The highest BCUT2D eigenvalue weighted by Gasteiger charge is 2.34. The van der Waals surface area contributed by atoms with E-state index in [9.17, 15) is 4.79 Å². The highest BCUT2D eigenvalue weighted by Crippen LogP contribution is 2.38. The molecule has 114 valence electrons. The van der Waals surface area contributed by atoms with Crippen LogP contribution in [-0.2, 0) is 16.1 Å². The van der Waals surface area contributed by atoms with Crippen molar-refractivity contribution in [3.05, 3.63) is 48.0 Å². The second kappa shape index (κ2) is 6.17. The van der Waals surface area contributed by atoms with Gasteiger partial charge in [-0.3, -0.25) is 0 Å². The molecule has 0 radical (unpaired) electrons. The Bertz CT molecular complexity index is 678. The Labute approximate surface area is 128 Å². The van der Waals surface area contributed by atoms with Gasteiger partial charge in [-0.05, 0) is 17.2 Å². The molecule has 5 nitrogen and oxygen atoms in total. The van der Waals surface area contributed by atoms with E-state index in [2.05, 4.69) is 0 Å². The fourth-order valence-corrected chi connectivity index (χ4v) is 2.18. The molecule has 0 saturated carbocycles. The van der Waals surface area contributed by atoms with Crippen molar-refractivity contribution in [1.82, 2.24) is 0 Å². The fraction of sp³-hybridized carbons (Fsp3) is 0.235. The number of epoxide rings is 1. The molecule has 2 N–H and O–H groups in total. The normalized spacial score (nSPS) is 16.2. The zero-order chi connectivity index (χ0) is 15.5. The number of nitrogens with two attached hydrogens (primary N) is 1. The topological polar surface area (TPSA) is 74.1 Å². The molecule has 1 aliphatic heterocycles. The molecule has 2 aromatic rings. The van der Waals surface area contributed by atoms with E-state index in [0.717, 1.165) is 16.7 Å². The van der Waals surface area contributed by atoms with E-state index in [1.807, 2.05) is 36.4 Å². The van der Waals surface area contributed by atoms with E-state index in [4.69, 9.17) is 19.9 Å². The average Bonchev–Trinajstić information content (AvgIpc) is 3.40. The molecular formula is C17H17NO4. The Morgan fingerprint density at radius 1 is 1.27 bits per heavy atom. The lowest BCUT2D eigenvalue weighted by molar-refractivity contribution is -0.135. The second-order valence-electron chi connectivity index (χ2n) is 4.98. The number of benzene rings is 2. The minimum Gasteiger partial charge on any atom is -0.493 e. The fourth-order valence-electron chi connectivity index (χ4n) is 2.18. The van der Waals surface area contributed by atoms with Gasteiger partial charge in [0.15, 0.2) is 17.6 Å². The zero-order valence-corrected chi connectivity index (χ0v) is 12.2. The monoisotopic (exact) mass is 299 g/mol. The average molecular weight is 299 g/mol. The summed E-state index contributed by atoms with van der Waals surface area (Å²) in [7, 11) is 1.54. The molecular weight excluding hydrogens is 282 g/mol. The van der Waals surface area contributed by atoms with E-state index < -0.39 is 12.1 Å². The number of hydrogen-bond donors (Lipinski definition) is 1. The number of carbonyl (C=O) groups excluding carboxylic acids is 1. The number of ether oxygens (including phenoxy) is 3. The van der Waals surface area contributed by atoms with E-state index in [-0.39, 0.29) is 0 Å². The van der Waals surface area contributed by atoms with Crippen LogP contribution in [0.2, 0.25) is 0 Å². The highest BCUT2D eigenvalue weighted by atomic mass is 16.6. The Kier molecular flexibility index (Phi) is 4.09. The third-order valence-electron chi connectivity index (χ3n) is 3.50. The Morgan fingerprint density at radius 3 is 2.59 bits per heavy atom. The molecule has 1 aliphatic rings. The zero-order valence-electron chi connectivity index (χ0n) is 12.2. The van der Waals surface area contributed by atoms with E-state index in [1.54, 1.807) is 13.2 Å². The van der Waals surface area contributed by atoms with Crippen molar-refractivity contribution in [2.45, 2.75) is 12.6 Å². The first-order valence-corrected chi connectivity index (χ1v) is 7.02. The Hall–Kier alpha value is -2.37. The number of methoxy groups -OCH3 is 1. The van der Waals surface area contributed by atoms with Crippen molar-refractivity contribution in [2.24, 2.45) is 5.73 Å². The van der Waals surface area contributed by atoms with Gasteiger partial charge in [-0.1, -0.05) is 36.4 Å². The van der Waals surface area contributed by atoms with Crippen LogP contribution in [0.4, 0.5) is 0 Å². The predicted molar refractivity (Wildman–Crippen MR) is 81.7 cm³/mol. The van der Waals surface area contributed by atoms with Gasteiger partial charge in [0.25, 0.3) is 0 Å². The smallest absolute Gasteiger partial charge is 0.343 e. The summed E-state index contributed by atoms with van der Waals surface area (Å²) in [6.07, 6.45) is -0.461. The lowest BCUT2D eigenvalue weighted by atomic mass is 10.0. The number of hydrogen-bond acceptors (Lipinski definition) is 5. The summed E-state index contributed by atoms with van der Waals surface area (Å²) < 4.78 is 15.8. The largest absolute Gasteiger partial charge is 0.493 e. The quantitative estimate of drug-likeness (QED) is 0.520. The molecule has 1 heterocycles. The van der Waals surface area contributed by atoms with Crippen LogP contribution in [0.25, 0.3) is 11.1 Å². The summed E-state index contributed by atoms with van der Waals surface area (Å²) in [4.78, 5) is 11.9. The van der Waals surface area contributed by atoms with Gasteiger partial charge >= 0.3 is 5.97 Å². The standard InChI is InChI=1S/C17H17NO4/c1-20-14-4-2-3-13(12-7-5-11(9-18)6-8-12)16(14)22-17(19)15-10-21-15/h2-8,15H,9-10,18H2,1H3. The first kappa shape index (κ1) is 14.6. The molecule has 0 bridgehead atoms. The summed E-state index contributed by atoms with van der Waals surface area (Å²) in [5.41, 5.74) is 8.37. The molecule has 1 saturated heterocycles. The summed E-state index contributed by atoms with van der Waals surface area (Å²) in [6, 6.07) is 13.3. The molecule has 5 heteroatoms. The number of esters is 1. The maximum atomic E-state index is 11.9. The second-order valence-corrected chi connectivity index (χ2v) is 4.98. The maximum absolute atomic E-state index is 11.9. The van der Waals surface area contributed by atoms with Gasteiger partial charge in [-0.2, -0.15) is 0 Å². The summed E-state index contributed by atoms with van der Waals surface area (Å²) in [5, 5.41) is 0. The maximum Gasteiger partial charge on any atom is 0.343 e. The van der Waals surface area contributed by atoms with Gasteiger partial charge < -0.3 is 19.9 Å². The van der Waals surface area contributed by atoms with Crippen molar-refractivity contribution in [1.29, 1.82) is 0 Å². The first-order valence-electron chi connectivity index (χ1n) is 7.02. The summed E-state index contributed by atoms with van der Waals surface area (Å²) in [5.74, 6) is 0.518. The van der Waals surface area contributed by atoms with Crippen molar-refractivity contribution < 1.29 is 19.0 Å². The van der Waals surface area contributed by atoms with Crippen LogP contribution < -0.4 is 15.2 Å². The van der Waals surface area contributed by atoms with Crippen molar-refractivity contribution in [3.8, 4) is 22.6 Å². The lowest BCUT2D eigenvalue weighted by Gasteiger charge is -2.14. The number of para-hydroxylation sites is 1. The molecule has 1 fully saturated rings. The highest BCUT2D eigenvalue weighted by molar-refractivity contribution is 5.84.